The molecular formula is C19H10ClN3O2S. The Bertz CT molecular complexity index is 1120. The Balaban J connectivity index is 1.87. The van der Waals surface area contributed by atoms with Crippen LogP contribution in [-0.4, -0.2) is 15.5 Å². The van der Waals surface area contributed by atoms with Crippen molar-refractivity contribution in [2.24, 2.45) is 0 Å². The standard InChI is InChI=1S/C19H10ClN3O2S/c20-13-8-6-12(7-9-13)16-18(25)23-17(24)14(10-21)15(22-19(23)26-16)11-4-2-1-3-5-11/h1-9,16H. The lowest BCUT2D eigenvalue weighted by atomic mass is 10.1. The summed E-state index contributed by atoms with van der Waals surface area (Å²) in [5.41, 5.74) is 0.916. The van der Waals surface area contributed by atoms with Gasteiger partial charge >= 0.3 is 0 Å². The van der Waals surface area contributed by atoms with Crippen molar-refractivity contribution >= 4 is 29.3 Å². The fourth-order valence-electron chi connectivity index (χ4n) is 2.80. The predicted molar refractivity (Wildman–Crippen MR) is 99.3 cm³/mol. The maximum Gasteiger partial charge on any atom is 0.279 e. The van der Waals surface area contributed by atoms with E-state index in [0.717, 1.165) is 10.1 Å². The summed E-state index contributed by atoms with van der Waals surface area (Å²) in [6.45, 7) is 0. The Labute approximate surface area is 157 Å². The summed E-state index contributed by atoms with van der Waals surface area (Å²) in [7, 11) is 0. The van der Waals surface area contributed by atoms with Gasteiger partial charge in [0, 0.05) is 10.6 Å². The molecule has 0 spiro atoms. The van der Waals surface area contributed by atoms with E-state index in [1.807, 2.05) is 12.1 Å². The molecule has 1 aliphatic heterocycles. The Morgan fingerprint density at radius 2 is 1.77 bits per heavy atom. The monoisotopic (exact) mass is 379 g/mol. The second kappa shape index (κ2) is 6.45. The maximum atomic E-state index is 12.8. The van der Waals surface area contributed by atoms with Crippen LogP contribution in [0.5, 0.6) is 0 Å². The third-order valence-electron chi connectivity index (χ3n) is 4.05. The van der Waals surface area contributed by atoms with Crippen molar-refractivity contribution < 1.29 is 4.79 Å². The minimum atomic E-state index is -0.634. The van der Waals surface area contributed by atoms with Gasteiger partial charge in [0.2, 0.25) is 0 Å². The third-order valence-corrected chi connectivity index (χ3v) is 5.50. The van der Waals surface area contributed by atoms with Gasteiger partial charge in [0.1, 0.15) is 16.9 Å². The average molecular weight is 380 g/mol. The minimum Gasteiger partial charge on any atom is -0.272 e. The third kappa shape index (κ3) is 2.62. The van der Waals surface area contributed by atoms with E-state index < -0.39 is 16.7 Å². The first kappa shape index (κ1) is 16.6. The number of aromatic nitrogens is 2. The second-order valence-electron chi connectivity index (χ2n) is 5.62. The Morgan fingerprint density at radius 1 is 1.08 bits per heavy atom. The van der Waals surface area contributed by atoms with Crippen LogP contribution in [0.1, 0.15) is 21.2 Å². The molecule has 0 amide bonds. The van der Waals surface area contributed by atoms with E-state index in [1.165, 1.54) is 11.8 Å². The lowest BCUT2D eigenvalue weighted by molar-refractivity contribution is 0.0903. The Morgan fingerprint density at radius 3 is 2.42 bits per heavy atom. The highest BCUT2D eigenvalue weighted by molar-refractivity contribution is 8.00. The van der Waals surface area contributed by atoms with Crippen LogP contribution in [-0.2, 0) is 0 Å². The van der Waals surface area contributed by atoms with Gasteiger partial charge in [-0.15, -0.1) is 0 Å². The maximum absolute atomic E-state index is 12.8. The zero-order valence-electron chi connectivity index (χ0n) is 13.2. The first-order valence-electron chi connectivity index (χ1n) is 7.69. The topological polar surface area (TPSA) is 75.8 Å². The number of rotatable bonds is 2. The molecule has 5 nitrogen and oxygen atoms in total. The number of halogens is 1. The lowest BCUT2D eigenvalue weighted by Crippen LogP contribution is -2.29. The summed E-state index contributed by atoms with van der Waals surface area (Å²) in [5, 5.41) is 9.72. The molecule has 0 N–H and O–H groups in total. The summed E-state index contributed by atoms with van der Waals surface area (Å²) >= 11 is 7.10. The molecule has 1 aromatic heterocycles. The Kier molecular flexibility index (Phi) is 4.11. The fourth-order valence-corrected chi connectivity index (χ4v) is 4.06. The zero-order valence-corrected chi connectivity index (χ0v) is 14.8. The molecule has 26 heavy (non-hydrogen) atoms. The summed E-state index contributed by atoms with van der Waals surface area (Å²) < 4.78 is 0.995. The smallest absolute Gasteiger partial charge is 0.272 e. The SMILES string of the molecule is N#Cc1c(-c2ccccc2)nc2n(c1=O)C(=O)C(c1ccc(Cl)cc1)S2. The highest BCUT2D eigenvalue weighted by Gasteiger charge is 2.36. The van der Waals surface area contributed by atoms with E-state index in [-0.39, 0.29) is 10.7 Å². The van der Waals surface area contributed by atoms with Gasteiger partial charge in [0.05, 0.1) is 5.69 Å². The summed E-state index contributed by atoms with van der Waals surface area (Å²) in [5.74, 6) is -0.402. The largest absolute Gasteiger partial charge is 0.279 e. The summed E-state index contributed by atoms with van der Waals surface area (Å²) in [4.78, 5) is 30.0. The molecule has 4 rings (SSSR count). The number of carbonyl (C=O) groups excluding carboxylic acids is 1. The van der Waals surface area contributed by atoms with Gasteiger partial charge in [-0.1, -0.05) is 65.8 Å². The van der Waals surface area contributed by atoms with Gasteiger partial charge in [-0.2, -0.15) is 5.26 Å². The van der Waals surface area contributed by atoms with Crippen LogP contribution in [0.2, 0.25) is 5.02 Å². The number of thioether (sulfide) groups is 1. The van der Waals surface area contributed by atoms with Gasteiger partial charge in [-0.25, -0.2) is 9.55 Å². The molecular weight excluding hydrogens is 370 g/mol. The molecule has 0 bridgehead atoms. The quantitative estimate of drug-likeness (QED) is 0.631. The van der Waals surface area contributed by atoms with E-state index in [4.69, 9.17) is 11.6 Å². The van der Waals surface area contributed by atoms with Crippen molar-refractivity contribution in [3.63, 3.8) is 0 Å². The van der Waals surface area contributed by atoms with Crippen LogP contribution in [0.4, 0.5) is 0 Å². The number of nitriles is 1. The van der Waals surface area contributed by atoms with E-state index in [2.05, 4.69) is 4.98 Å². The molecule has 0 fully saturated rings. The van der Waals surface area contributed by atoms with E-state index in [1.54, 1.807) is 48.5 Å². The van der Waals surface area contributed by atoms with Crippen LogP contribution in [0.3, 0.4) is 0 Å². The van der Waals surface area contributed by atoms with Crippen LogP contribution in [0.15, 0.2) is 64.5 Å². The molecule has 2 heterocycles. The Hall–Kier alpha value is -2.88. The van der Waals surface area contributed by atoms with Gasteiger partial charge in [0.15, 0.2) is 5.16 Å². The van der Waals surface area contributed by atoms with Crippen molar-refractivity contribution in [1.29, 1.82) is 5.26 Å². The zero-order chi connectivity index (χ0) is 18.3. The first-order chi connectivity index (χ1) is 12.6. The van der Waals surface area contributed by atoms with Crippen LogP contribution < -0.4 is 5.56 Å². The molecule has 1 unspecified atom stereocenters. The first-order valence-corrected chi connectivity index (χ1v) is 8.95. The number of carbonyl (C=O) groups is 1. The number of hydrogen-bond donors (Lipinski definition) is 0. The highest BCUT2D eigenvalue weighted by Crippen LogP contribution is 2.41. The molecule has 0 aliphatic carbocycles. The molecule has 2 aromatic carbocycles. The predicted octanol–water partition coefficient (Wildman–Crippen LogP) is 3.92. The fraction of sp³-hybridized carbons (Fsp3) is 0.0526. The van der Waals surface area contributed by atoms with Gasteiger partial charge in [-0.05, 0) is 17.7 Å². The van der Waals surface area contributed by atoms with Crippen LogP contribution in [0, 0.1) is 11.3 Å². The number of fused-ring (bicyclic) bond motifs is 1. The van der Waals surface area contributed by atoms with Crippen molar-refractivity contribution in [3.8, 4) is 17.3 Å². The summed E-state index contributed by atoms with van der Waals surface area (Å²) in [6.07, 6.45) is 0. The van der Waals surface area contributed by atoms with Crippen molar-refractivity contribution in [1.82, 2.24) is 9.55 Å². The van der Waals surface area contributed by atoms with E-state index in [9.17, 15) is 14.9 Å². The minimum absolute atomic E-state index is 0.134. The van der Waals surface area contributed by atoms with Crippen LogP contribution in [0.25, 0.3) is 11.3 Å². The molecule has 0 radical (unpaired) electrons. The molecule has 1 aliphatic rings. The number of benzene rings is 2. The van der Waals surface area contributed by atoms with Crippen molar-refractivity contribution in [3.05, 3.63) is 81.1 Å². The molecule has 3 aromatic rings. The summed E-state index contributed by atoms with van der Waals surface area (Å²) in [6, 6.07) is 17.8. The van der Waals surface area contributed by atoms with E-state index in [0.29, 0.717) is 16.3 Å². The highest BCUT2D eigenvalue weighted by atomic mass is 35.5. The molecule has 126 valence electrons. The normalized spacial score (nSPS) is 15.5. The lowest BCUT2D eigenvalue weighted by Gasteiger charge is -2.06. The van der Waals surface area contributed by atoms with Gasteiger partial charge in [-0.3, -0.25) is 9.59 Å². The number of nitrogens with zero attached hydrogens (tertiary/aromatic N) is 3. The molecule has 1 atom stereocenters. The van der Waals surface area contributed by atoms with Gasteiger partial charge in [0.25, 0.3) is 11.5 Å². The molecule has 0 saturated carbocycles. The molecule has 7 heteroatoms. The van der Waals surface area contributed by atoms with Crippen molar-refractivity contribution in [2.45, 2.75) is 10.4 Å². The second-order valence-corrected chi connectivity index (χ2v) is 7.13. The van der Waals surface area contributed by atoms with E-state index >= 15 is 0 Å². The average Bonchev–Trinajstić information content (AvgIpc) is 3.00. The molecule has 0 saturated heterocycles. The van der Waals surface area contributed by atoms with Crippen molar-refractivity contribution in [2.75, 3.05) is 0 Å². The van der Waals surface area contributed by atoms with Crippen LogP contribution >= 0.6 is 23.4 Å². The number of hydrogen-bond acceptors (Lipinski definition) is 5. The van der Waals surface area contributed by atoms with Gasteiger partial charge < -0.3 is 0 Å².